The normalized spacial score (nSPS) is 15.4. The number of hydrogen-bond donors (Lipinski definition) is 1. The van der Waals surface area contributed by atoms with Gasteiger partial charge in [0.1, 0.15) is 5.84 Å². The molecule has 1 N–H and O–H groups in total. The van der Waals surface area contributed by atoms with Gasteiger partial charge in [0, 0.05) is 18.5 Å². The minimum absolute atomic E-state index is 0.0262. The van der Waals surface area contributed by atoms with Crippen molar-refractivity contribution in [1.29, 1.82) is 0 Å². The number of nitrogens with one attached hydrogen (secondary N) is 1. The fraction of sp³-hybridized carbons (Fsp3) is 0.500. The van der Waals surface area contributed by atoms with Crippen LogP contribution in [0.2, 0.25) is 0 Å². The number of amidine groups is 1. The molecule has 0 fully saturated rings. The summed E-state index contributed by atoms with van der Waals surface area (Å²) < 4.78 is 0. The first-order valence-electron chi connectivity index (χ1n) is 3.72. The van der Waals surface area contributed by atoms with Gasteiger partial charge in [-0.2, -0.15) is 0 Å². The van der Waals surface area contributed by atoms with Crippen molar-refractivity contribution in [2.24, 2.45) is 10.9 Å². The molecule has 1 aliphatic heterocycles. The third kappa shape index (κ3) is 2.18. The van der Waals surface area contributed by atoms with Crippen molar-refractivity contribution in [1.82, 2.24) is 5.32 Å². The van der Waals surface area contributed by atoms with Crippen LogP contribution in [-0.2, 0) is 4.79 Å². The highest BCUT2D eigenvalue weighted by Crippen LogP contribution is 1.98. The Balaban J connectivity index is 2.37. The molecule has 0 spiro atoms. The first-order valence-corrected chi connectivity index (χ1v) is 3.72. The Kier molecular flexibility index (Phi) is 2.41. The van der Waals surface area contributed by atoms with E-state index in [-0.39, 0.29) is 11.8 Å². The largest absolute Gasteiger partial charge is 0.314 e. The molecule has 1 aliphatic rings. The molecular weight excluding hydrogens is 140 g/mol. The molecule has 3 nitrogen and oxygen atoms in total. The molecule has 0 aromatic heterocycles. The monoisotopic (exact) mass is 152 g/mol. The average Bonchev–Trinajstić information content (AvgIpc) is 2.39. The highest BCUT2D eigenvalue weighted by Gasteiger charge is 2.09. The summed E-state index contributed by atoms with van der Waals surface area (Å²) in [5, 5.41) is 2.73. The predicted molar refractivity (Wildman–Crippen MR) is 44.2 cm³/mol. The lowest BCUT2D eigenvalue weighted by atomic mass is 10.2. The van der Waals surface area contributed by atoms with Crippen molar-refractivity contribution in [2.75, 3.05) is 0 Å². The fourth-order valence-electron chi connectivity index (χ4n) is 0.730. The second kappa shape index (κ2) is 3.32. The molecule has 1 rings (SSSR count). The summed E-state index contributed by atoms with van der Waals surface area (Å²) in [5.74, 6) is 0.814. The Morgan fingerprint density at radius 1 is 1.73 bits per heavy atom. The molecule has 0 aromatic carbocycles. The Morgan fingerprint density at radius 2 is 2.45 bits per heavy atom. The molecule has 0 aliphatic carbocycles. The smallest absolute Gasteiger partial charge is 0.227 e. The summed E-state index contributed by atoms with van der Waals surface area (Å²) in [6.07, 6.45) is 4.37. The number of rotatable bonds is 1. The zero-order valence-electron chi connectivity index (χ0n) is 6.79. The summed E-state index contributed by atoms with van der Waals surface area (Å²) >= 11 is 0. The first kappa shape index (κ1) is 7.98. The number of aliphatic imine (C=N–C) groups is 1. The van der Waals surface area contributed by atoms with Crippen molar-refractivity contribution in [3.8, 4) is 0 Å². The quantitative estimate of drug-likeness (QED) is 0.600. The number of nitrogens with zero attached hydrogens (tertiary/aromatic N) is 1. The van der Waals surface area contributed by atoms with E-state index in [1.165, 1.54) is 0 Å². The maximum Gasteiger partial charge on any atom is 0.227 e. The second-order valence-corrected chi connectivity index (χ2v) is 2.81. The zero-order valence-corrected chi connectivity index (χ0v) is 6.79. The lowest BCUT2D eigenvalue weighted by Gasteiger charge is -2.05. The van der Waals surface area contributed by atoms with E-state index >= 15 is 0 Å². The van der Waals surface area contributed by atoms with Gasteiger partial charge in [0.15, 0.2) is 0 Å². The molecule has 0 aromatic rings. The molecule has 0 saturated heterocycles. The molecule has 0 unspecified atom stereocenters. The molecule has 11 heavy (non-hydrogen) atoms. The van der Waals surface area contributed by atoms with Crippen LogP contribution >= 0.6 is 0 Å². The van der Waals surface area contributed by atoms with Crippen LogP contribution in [0.1, 0.15) is 20.3 Å². The van der Waals surface area contributed by atoms with Crippen molar-refractivity contribution < 1.29 is 4.79 Å². The average molecular weight is 152 g/mol. The van der Waals surface area contributed by atoms with Crippen LogP contribution in [0.15, 0.2) is 17.3 Å². The molecule has 60 valence electrons. The Bertz CT molecular complexity index is 216. The van der Waals surface area contributed by atoms with Gasteiger partial charge in [-0.15, -0.1) is 0 Å². The van der Waals surface area contributed by atoms with Gasteiger partial charge in [-0.05, 0) is 0 Å². The number of amides is 1. The molecule has 1 heterocycles. The first-order chi connectivity index (χ1) is 5.20. The van der Waals surface area contributed by atoms with E-state index in [9.17, 15) is 4.79 Å². The summed E-state index contributed by atoms with van der Waals surface area (Å²) in [7, 11) is 0. The third-order valence-corrected chi connectivity index (χ3v) is 1.44. The van der Waals surface area contributed by atoms with Crippen LogP contribution in [-0.4, -0.2) is 11.7 Å². The molecule has 0 atom stereocenters. The third-order valence-electron chi connectivity index (χ3n) is 1.44. The number of carbonyl (C=O) groups is 1. The SMILES string of the molecule is CC(C)C(=O)NC1=NC=CC1. The number of hydrogen-bond acceptors (Lipinski definition) is 2. The molecule has 0 radical (unpaired) electrons. The van der Waals surface area contributed by atoms with Gasteiger partial charge >= 0.3 is 0 Å². The summed E-state index contributed by atoms with van der Waals surface area (Å²) in [4.78, 5) is 15.0. The van der Waals surface area contributed by atoms with E-state index < -0.39 is 0 Å². The van der Waals surface area contributed by atoms with E-state index in [0.29, 0.717) is 0 Å². The fourth-order valence-corrected chi connectivity index (χ4v) is 0.730. The highest BCUT2D eigenvalue weighted by atomic mass is 16.1. The van der Waals surface area contributed by atoms with Crippen molar-refractivity contribution >= 4 is 11.7 Å². The van der Waals surface area contributed by atoms with Crippen LogP contribution < -0.4 is 5.32 Å². The van der Waals surface area contributed by atoms with Crippen molar-refractivity contribution in [3.63, 3.8) is 0 Å². The topological polar surface area (TPSA) is 41.5 Å². The van der Waals surface area contributed by atoms with Gasteiger partial charge in [0.25, 0.3) is 0 Å². The Morgan fingerprint density at radius 3 is 2.91 bits per heavy atom. The predicted octanol–water partition coefficient (Wildman–Crippen LogP) is 1.07. The van der Waals surface area contributed by atoms with Gasteiger partial charge in [0.2, 0.25) is 5.91 Å². The maximum absolute atomic E-state index is 11.1. The number of carbonyl (C=O) groups excluding carboxylic acids is 1. The van der Waals surface area contributed by atoms with Gasteiger partial charge < -0.3 is 5.32 Å². The van der Waals surface area contributed by atoms with E-state index in [0.717, 1.165) is 12.3 Å². The van der Waals surface area contributed by atoms with E-state index in [2.05, 4.69) is 10.3 Å². The maximum atomic E-state index is 11.1. The summed E-state index contributed by atoms with van der Waals surface area (Å²) in [6, 6.07) is 0. The molecule has 1 amide bonds. The van der Waals surface area contributed by atoms with Gasteiger partial charge in [-0.3, -0.25) is 4.79 Å². The Hall–Kier alpha value is -1.12. The van der Waals surface area contributed by atoms with Crippen LogP contribution in [0.3, 0.4) is 0 Å². The van der Waals surface area contributed by atoms with Crippen LogP contribution in [0.5, 0.6) is 0 Å². The van der Waals surface area contributed by atoms with Gasteiger partial charge in [-0.1, -0.05) is 19.9 Å². The summed E-state index contributed by atoms with van der Waals surface area (Å²) in [5.41, 5.74) is 0. The Labute approximate surface area is 66.2 Å². The van der Waals surface area contributed by atoms with E-state index in [1.807, 2.05) is 19.9 Å². The second-order valence-electron chi connectivity index (χ2n) is 2.81. The molecule has 3 heteroatoms. The molecular formula is C8H12N2O. The van der Waals surface area contributed by atoms with Gasteiger partial charge in [0.05, 0.1) is 0 Å². The lowest BCUT2D eigenvalue weighted by Crippen LogP contribution is -2.32. The van der Waals surface area contributed by atoms with E-state index in [4.69, 9.17) is 0 Å². The van der Waals surface area contributed by atoms with Crippen LogP contribution in [0, 0.1) is 5.92 Å². The molecule has 0 saturated carbocycles. The minimum atomic E-state index is 0.0262. The zero-order chi connectivity index (χ0) is 8.27. The lowest BCUT2D eigenvalue weighted by molar-refractivity contribution is -0.122. The van der Waals surface area contributed by atoms with Crippen molar-refractivity contribution in [2.45, 2.75) is 20.3 Å². The van der Waals surface area contributed by atoms with Crippen LogP contribution in [0.4, 0.5) is 0 Å². The summed E-state index contributed by atoms with van der Waals surface area (Å²) in [6.45, 7) is 3.72. The minimum Gasteiger partial charge on any atom is -0.314 e. The van der Waals surface area contributed by atoms with Crippen molar-refractivity contribution in [3.05, 3.63) is 12.3 Å². The molecule has 0 bridgehead atoms. The standard InChI is InChI=1S/C8H12N2O/c1-6(2)8(11)10-7-4-3-5-9-7/h3,5-6H,4H2,1-2H3,(H,9,10,11). The highest BCUT2D eigenvalue weighted by molar-refractivity contribution is 6.00. The van der Waals surface area contributed by atoms with Gasteiger partial charge in [-0.25, -0.2) is 4.99 Å². The van der Waals surface area contributed by atoms with E-state index in [1.54, 1.807) is 6.20 Å². The van der Waals surface area contributed by atoms with Crippen LogP contribution in [0.25, 0.3) is 0 Å².